The van der Waals surface area contributed by atoms with E-state index in [-0.39, 0.29) is 6.04 Å². The number of nitrogens with zero attached hydrogens (tertiary/aromatic N) is 1. The fraction of sp³-hybridized carbons (Fsp3) is 0.429. The molecule has 3 rings (SSSR count). The topological polar surface area (TPSA) is 37.4 Å². The quantitative estimate of drug-likeness (QED) is 0.782. The molecular formula is C21H27NO2S. The zero-order valence-corrected chi connectivity index (χ0v) is 16.1. The second-order valence-electron chi connectivity index (χ2n) is 7.16. The van der Waals surface area contributed by atoms with Gasteiger partial charge in [0.05, 0.1) is 10.9 Å². The molecule has 1 saturated heterocycles. The van der Waals surface area contributed by atoms with Gasteiger partial charge in [-0.15, -0.1) is 0 Å². The molecule has 1 aliphatic rings. The van der Waals surface area contributed by atoms with E-state index in [9.17, 15) is 8.42 Å². The van der Waals surface area contributed by atoms with Crippen molar-refractivity contribution in [3.63, 3.8) is 0 Å². The lowest BCUT2D eigenvalue weighted by Crippen LogP contribution is -2.35. The molecule has 0 saturated carbocycles. The molecule has 1 fully saturated rings. The maximum Gasteiger partial charge on any atom is 0.243 e. The van der Waals surface area contributed by atoms with Gasteiger partial charge in [0.15, 0.2) is 0 Å². The van der Waals surface area contributed by atoms with Gasteiger partial charge in [0, 0.05) is 6.54 Å². The number of benzene rings is 2. The average Bonchev–Trinajstić information content (AvgIpc) is 2.84. The highest BCUT2D eigenvalue weighted by Gasteiger charge is 2.34. The number of sulfonamides is 1. The first-order chi connectivity index (χ1) is 11.9. The third kappa shape index (κ3) is 3.80. The zero-order valence-electron chi connectivity index (χ0n) is 15.3. The Kier molecular flexibility index (Phi) is 5.30. The van der Waals surface area contributed by atoms with Gasteiger partial charge in [-0.05, 0) is 56.4 Å². The molecule has 1 heterocycles. The Hall–Kier alpha value is -1.65. The molecule has 2 aromatic carbocycles. The maximum absolute atomic E-state index is 13.5. The predicted molar refractivity (Wildman–Crippen MR) is 102 cm³/mol. The molecule has 1 atom stereocenters. The summed E-state index contributed by atoms with van der Waals surface area (Å²) in [6.45, 7) is 6.47. The minimum absolute atomic E-state index is 0.0759. The van der Waals surface area contributed by atoms with Crippen LogP contribution in [0.3, 0.4) is 0 Å². The van der Waals surface area contributed by atoms with Crippen LogP contribution in [0.1, 0.15) is 54.0 Å². The lowest BCUT2D eigenvalue weighted by molar-refractivity contribution is 0.328. The summed E-state index contributed by atoms with van der Waals surface area (Å²) in [5, 5.41) is 0. The molecule has 0 spiro atoms. The van der Waals surface area contributed by atoms with Crippen LogP contribution < -0.4 is 0 Å². The minimum atomic E-state index is -3.51. The predicted octanol–water partition coefficient (Wildman–Crippen LogP) is 4.92. The largest absolute Gasteiger partial charge is 0.243 e. The molecule has 0 bridgehead atoms. The molecule has 25 heavy (non-hydrogen) atoms. The average molecular weight is 358 g/mol. The van der Waals surface area contributed by atoms with Crippen LogP contribution in [0.15, 0.2) is 47.4 Å². The highest BCUT2D eigenvalue weighted by Crippen LogP contribution is 2.35. The summed E-state index contributed by atoms with van der Waals surface area (Å²) in [6, 6.07) is 13.9. The third-order valence-electron chi connectivity index (χ3n) is 5.10. The Morgan fingerprint density at radius 3 is 2.28 bits per heavy atom. The number of hydrogen-bond donors (Lipinski definition) is 0. The van der Waals surface area contributed by atoms with Crippen molar-refractivity contribution in [2.75, 3.05) is 6.54 Å². The standard InChI is InChI=1S/C21H27NO2S/c1-16-9-12-19(13-10-16)20-7-5-4-6-14-22(20)25(23,24)21-15-17(2)8-11-18(21)3/h8-13,15,20H,4-7,14H2,1-3H3/t20-/m1/s1. The number of aryl methyl sites for hydroxylation is 3. The van der Waals surface area contributed by atoms with Crippen molar-refractivity contribution in [3.8, 4) is 0 Å². The fourth-order valence-corrected chi connectivity index (χ4v) is 5.60. The van der Waals surface area contributed by atoms with Gasteiger partial charge in [-0.2, -0.15) is 4.31 Å². The molecule has 0 N–H and O–H groups in total. The summed E-state index contributed by atoms with van der Waals surface area (Å²) in [6.07, 6.45) is 3.96. The second kappa shape index (κ2) is 7.30. The van der Waals surface area contributed by atoms with E-state index in [0.29, 0.717) is 11.4 Å². The molecule has 1 aliphatic heterocycles. The van der Waals surface area contributed by atoms with Gasteiger partial charge in [0.25, 0.3) is 0 Å². The van der Waals surface area contributed by atoms with E-state index in [1.165, 1.54) is 5.56 Å². The molecule has 0 amide bonds. The van der Waals surface area contributed by atoms with Gasteiger partial charge in [0.2, 0.25) is 10.0 Å². The van der Waals surface area contributed by atoms with Crippen molar-refractivity contribution < 1.29 is 8.42 Å². The van der Waals surface area contributed by atoms with E-state index in [0.717, 1.165) is 42.4 Å². The summed E-state index contributed by atoms with van der Waals surface area (Å²) in [5.74, 6) is 0. The molecule has 0 unspecified atom stereocenters. The van der Waals surface area contributed by atoms with Gasteiger partial charge >= 0.3 is 0 Å². The van der Waals surface area contributed by atoms with Crippen molar-refractivity contribution in [3.05, 3.63) is 64.7 Å². The highest BCUT2D eigenvalue weighted by molar-refractivity contribution is 7.89. The highest BCUT2D eigenvalue weighted by atomic mass is 32.2. The van der Waals surface area contributed by atoms with E-state index < -0.39 is 10.0 Å². The van der Waals surface area contributed by atoms with Crippen LogP contribution in [0.5, 0.6) is 0 Å². The number of hydrogen-bond acceptors (Lipinski definition) is 2. The summed E-state index contributed by atoms with van der Waals surface area (Å²) in [7, 11) is -3.51. The van der Waals surface area contributed by atoms with Gasteiger partial charge in [-0.1, -0.05) is 54.8 Å². The summed E-state index contributed by atoms with van der Waals surface area (Å²) in [5.41, 5.74) is 4.09. The van der Waals surface area contributed by atoms with E-state index >= 15 is 0 Å². The minimum Gasteiger partial charge on any atom is -0.207 e. The smallest absolute Gasteiger partial charge is 0.207 e. The van der Waals surface area contributed by atoms with Crippen molar-refractivity contribution in [1.29, 1.82) is 0 Å². The van der Waals surface area contributed by atoms with Crippen molar-refractivity contribution in [2.45, 2.75) is 57.4 Å². The maximum atomic E-state index is 13.5. The van der Waals surface area contributed by atoms with Crippen LogP contribution in [-0.4, -0.2) is 19.3 Å². The molecule has 2 aromatic rings. The molecule has 0 aliphatic carbocycles. The van der Waals surface area contributed by atoms with Gasteiger partial charge in [0.1, 0.15) is 0 Å². The van der Waals surface area contributed by atoms with E-state index in [1.807, 2.05) is 32.0 Å². The monoisotopic (exact) mass is 357 g/mol. The van der Waals surface area contributed by atoms with Crippen molar-refractivity contribution in [1.82, 2.24) is 4.31 Å². The SMILES string of the molecule is Cc1ccc([C@H]2CCCCCN2S(=O)(=O)c2cc(C)ccc2C)cc1. The Bertz CT molecular complexity index is 841. The van der Waals surface area contributed by atoms with Crippen LogP contribution in [0.2, 0.25) is 0 Å². The van der Waals surface area contributed by atoms with Crippen molar-refractivity contribution in [2.24, 2.45) is 0 Å². The summed E-state index contributed by atoms with van der Waals surface area (Å²) < 4.78 is 28.7. The van der Waals surface area contributed by atoms with Gasteiger partial charge < -0.3 is 0 Å². The van der Waals surface area contributed by atoms with Crippen LogP contribution in [0.4, 0.5) is 0 Å². The first-order valence-corrected chi connectivity index (χ1v) is 10.5. The van der Waals surface area contributed by atoms with E-state index in [1.54, 1.807) is 4.31 Å². The normalized spacial score (nSPS) is 19.6. The Morgan fingerprint density at radius 1 is 0.880 bits per heavy atom. The second-order valence-corrected chi connectivity index (χ2v) is 9.02. The first kappa shape index (κ1) is 18.2. The first-order valence-electron chi connectivity index (χ1n) is 9.05. The Balaban J connectivity index is 2.06. The molecule has 134 valence electrons. The van der Waals surface area contributed by atoms with Crippen LogP contribution in [0, 0.1) is 20.8 Å². The molecule has 4 heteroatoms. The Labute approximate surface area is 151 Å². The molecule has 0 radical (unpaired) electrons. The lowest BCUT2D eigenvalue weighted by Gasteiger charge is -2.30. The zero-order chi connectivity index (χ0) is 18.0. The summed E-state index contributed by atoms with van der Waals surface area (Å²) >= 11 is 0. The molecular weight excluding hydrogens is 330 g/mol. The summed E-state index contributed by atoms with van der Waals surface area (Å²) in [4.78, 5) is 0.450. The molecule has 3 nitrogen and oxygen atoms in total. The Morgan fingerprint density at radius 2 is 1.56 bits per heavy atom. The molecule has 0 aromatic heterocycles. The van der Waals surface area contributed by atoms with Gasteiger partial charge in [-0.3, -0.25) is 0 Å². The van der Waals surface area contributed by atoms with Gasteiger partial charge in [-0.25, -0.2) is 8.42 Å². The van der Waals surface area contributed by atoms with Crippen LogP contribution in [0.25, 0.3) is 0 Å². The number of rotatable bonds is 3. The van der Waals surface area contributed by atoms with Crippen LogP contribution >= 0.6 is 0 Å². The van der Waals surface area contributed by atoms with E-state index in [4.69, 9.17) is 0 Å². The third-order valence-corrected chi connectivity index (χ3v) is 7.15. The lowest BCUT2D eigenvalue weighted by atomic mass is 10.0. The van der Waals surface area contributed by atoms with Crippen molar-refractivity contribution >= 4 is 10.0 Å². The van der Waals surface area contributed by atoms with E-state index in [2.05, 4.69) is 31.2 Å². The van der Waals surface area contributed by atoms with Crippen LogP contribution in [-0.2, 0) is 10.0 Å². The fourth-order valence-electron chi connectivity index (χ4n) is 3.60.